The maximum absolute atomic E-state index is 11.1. The molecule has 4 unspecified atom stereocenters. The molecule has 1 amide bonds. The summed E-state index contributed by atoms with van der Waals surface area (Å²) in [6, 6.07) is 0.988. The van der Waals surface area contributed by atoms with Crippen LogP contribution in [-0.4, -0.2) is 24.5 Å². The highest BCUT2D eigenvalue weighted by molar-refractivity contribution is 5.78. The molecule has 0 aromatic rings. The Morgan fingerprint density at radius 1 is 1.33 bits per heavy atom. The number of carbonyl (C=O) groups excluding carboxylic acids is 1. The second kappa shape index (κ2) is 4.52. The Kier molecular flexibility index (Phi) is 3.29. The van der Waals surface area contributed by atoms with Gasteiger partial charge in [0.1, 0.15) is 0 Å². The van der Waals surface area contributed by atoms with Crippen molar-refractivity contribution in [2.45, 2.75) is 51.6 Å². The van der Waals surface area contributed by atoms with E-state index in [1.165, 1.54) is 19.3 Å². The van der Waals surface area contributed by atoms with Gasteiger partial charge in [-0.2, -0.15) is 0 Å². The number of rotatable bonds is 2. The lowest BCUT2D eigenvalue weighted by atomic mass is 9.78. The van der Waals surface area contributed by atoms with Crippen molar-refractivity contribution in [2.24, 2.45) is 11.8 Å². The third-order valence-electron chi connectivity index (χ3n) is 4.13. The first-order chi connectivity index (χ1) is 7.16. The number of amides is 1. The van der Waals surface area contributed by atoms with Gasteiger partial charge in [-0.3, -0.25) is 4.79 Å². The van der Waals surface area contributed by atoms with Gasteiger partial charge in [0.2, 0.25) is 5.91 Å². The molecule has 2 rings (SSSR count). The highest BCUT2D eigenvalue weighted by Crippen LogP contribution is 2.29. The van der Waals surface area contributed by atoms with Gasteiger partial charge in [-0.05, 0) is 18.3 Å². The Morgan fingerprint density at radius 3 is 2.80 bits per heavy atom. The van der Waals surface area contributed by atoms with Crippen LogP contribution in [0.1, 0.15) is 39.5 Å². The minimum Gasteiger partial charge on any atom is -0.354 e. The Labute approximate surface area is 92.0 Å². The summed E-state index contributed by atoms with van der Waals surface area (Å²) in [5.74, 6) is 1.76. The first-order valence-corrected chi connectivity index (χ1v) is 6.19. The van der Waals surface area contributed by atoms with E-state index < -0.39 is 0 Å². The molecule has 3 nitrogen and oxygen atoms in total. The van der Waals surface area contributed by atoms with E-state index in [4.69, 9.17) is 0 Å². The molecule has 4 atom stereocenters. The van der Waals surface area contributed by atoms with Gasteiger partial charge in [0.05, 0.1) is 0 Å². The third-order valence-corrected chi connectivity index (χ3v) is 4.13. The minimum absolute atomic E-state index is 0.198. The molecular weight excluding hydrogens is 188 g/mol. The van der Waals surface area contributed by atoms with Crippen molar-refractivity contribution in [2.75, 3.05) is 6.54 Å². The summed E-state index contributed by atoms with van der Waals surface area (Å²) in [6.45, 7) is 5.50. The van der Waals surface area contributed by atoms with Crippen molar-refractivity contribution in [3.8, 4) is 0 Å². The Hall–Kier alpha value is -0.570. The molecule has 0 bridgehead atoms. The molecule has 2 N–H and O–H groups in total. The quantitative estimate of drug-likeness (QED) is 0.721. The van der Waals surface area contributed by atoms with Gasteiger partial charge in [0.25, 0.3) is 0 Å². The van der Waals surface area contributed by atoms with Gasteiger partial charge in [-0.15, -0.1) is 0 Å². The number of nitrogens with one attached hydrogen (secondary N) is 2. The van der Waals surface area contributed by atoms with Crippen molar-refractivity contribution < 1.29 is 4.79 Å². The van der Waals surface area contributed by atoms with Crippen molar-refractivity contribution in [3.05, 3.63) is 0 Å². The van der Waals surface area contributed by atoms with Crippen LogP contribution in [0.4, 0.5) is 0 Å². The third kappa shape index (κ3) is 2.51. The normalized spacial score (nSPS) is 41.6. The van der Waals surface area contributed by atoms with E-state index in [1.54, 1.807) is 0 Å². The highest BCUT2D eigenvalue weighted by Gasteiger charge is 2.30. The maximum Gasteiger partial charge on any atom is 0.221 e. The van der Waals surface area contributed by atoms with Crippen molar-refractivity contribution in [1.82, 2.24) is 10.6 Å². The van der Waals surface area contributed by atoms with Crippen molar-refractivity contribution in [1.29, 1.82) is 0 Å². The minimum atomic E-state index is 0.198. The highest BCUT2D eigenvalue weighted by atomic mass is 16.1. The van der Waals surface area contributed by atoms with Crippen molar-refractivity contribution >= 4 is 5.91 Å². The average Bonchev–Trinajstić information content (AvgIpc) is 2.59. The molecule has 2 fully saturated rings. The summed E-state index contributed by atoms with van der Waals surface area (Å²) in [5, 5.41) is 6.53. The second-order valence-corrected chi connectivity index (χ2v) is 5.25. The van der Waals surface area contributed by atoms with Gasteiger partial charge in [-0.1, -0.05) is 26.7 Å². The van der Waals surface area contributed by atoms with E-state index in [9.17, 15) is 4.79 Å². The lowest BCUT2D eigenvalue weighted by Gasteiger charge is -2.36. The van der Waals surface area contributed by atoms with Crippen LogP contribution in [0.2, 0.25) is 0 Å². The summed E-state index contributed by atoms with van der Waals surface area (Å²) in [4.78, 5) is 11.1. The van der Waals surface area contributed by atoms with Crippen LogP contribution < -0.4 is 10.6 Å². The van der Waals surface area contributed by atoms with E-state index in [1.807, 2.05) is 0 Å². The standard InChI is InChI=1S/C12H22N2O/c1-8-4-3-5-11(9(8)2)14-10-6-12(15)13-7-10/h8-11,14H,3-7H2,1-2H3,(H,13,15). The Bertz CT molecular complexity index is 242. The van der Waals surface area contributed by atoms with Gasteiger partial charge >= 0.3 is 0 Å². The lowest BCUT2D eigenvalue weighted by molar-refractivity contribution is -0.119. The predicted molar refractivity (Wildman–Crippen MR) is 60.5 cm³/mol. The molecule has 0 radical (unpaired) electrons. The van der Waals surface area contributed by atoms with Crippen molar-refractivity contribution in [3.63, 3.8) is 0 Å². The van der Waals surface area contributed by atoms with E-state index in [0.29, 0.717) is 18.5 Å². The molecule has 0 aromatic heterocycles. The molecule has 0 aromatic carbocycles. The SMILES string of the molecule is CC1CCCC(NC2CNC(=O)C2)C1C. The summed E-state index contributed by atoms with van der Waals surface area (Å²) in [7, 11) is 0. The first-order valence-electron chi connectivity index (χ1n) is 6.19. The van der Waals surface area contributed by atoms with E-state index in [2.05, 4.69) is 24.5 Å². The average molecular weight is 210 g/mol. The zero-order valence-corrected chi connectivity index (χ0v) is 9.75. The van der Waals surface area contributed by atoms with Crippen LogP contribution in [0.25, 0.3) is 0 Å². The fourth-order valence-corrected chi connectivity index (χ4v) is 2.84. The summed E-state index contributed by atoms with van der Waals surface area (Å²) in [6.07, 6.45) is 4.63. The summed E-state index contributed by atoms with van der Waals surface area (Å²) in [5.41, 5.74) is 0. The van der Waals surface area contributed by atoms with E-state index >= 15 is 0 Å². The second-order valence-electron chi connectivity index (χ2n) is 5.25. The molecule has 3 heteroatoms. The maximum atomic E-state index is 11.1. The van der Waals surface area contributed by atoms with Gasteiger partial charge < -0.3 is 10.6 Å². The predicted octanol–water partition coefficient (Wildman–Crippen LogP) is 1.29. The van der Waals surface area contributed by atoms with Crippen LogP contribution in [0.3, 0.4) is 0 Å². The molecular formula is C12H22N2O. The zero-order chi connectivity index (χ0) is 10.8. The summed E-state index contributed by atoms with van der Waals surface area (Å²) >= 11 is 0. The van der Waals surface area contributed by atoms with E-state index in [0.717, 1.165) is 18.4 Å². The van der Waals surface area contributed by atoms with Crippen LogP contribution in [0, 0.1) is 11.8 Å². The van der Waals surface area contributed by atoms with Gasteiger partial charge in [-0.25, -0.2) is 0 Å². The fraction of sp³-hybridized carbons (Fsp3) is 0.917. The van der Waals surface area contributed by atoms with Crippen LogP contribution in [0.5, 0.6) is 0 Å². The molecule has 1 saturated carbocycles. The molecule has 15 heavy (non-hydrogen) atoms. The molecule has 1 heterocycles. The summed E-state index contributed by atoms with van der Waals surface area (Å²) < 4.78 is 0. The van der Waals surface area contributed by atoms with Crippen LogP contribution >= 0.6 is 0 Å². The molecule has 86 valence electrons. The van der Waals surface area contributed by atoms with Crippen LogP contribution in [0.15, 0.2) is 0 Å². The molecule has 1 saturated heterocycles. The topological polar surface area (TPSA) is 41.1 Å². The van der Waals surface area contributed by atoms with Gasteiger partial charge in [0.15, 0.2) is 0 Å². The molecule has 1 aliphatic carbocycles. The number of hydrogen-bond donors (Lipinski definition) is 2. The monoisotopic (exact) mass is 210 g/mol. The molecule has 1 aliphatic heterocycles. The first kappa shape index (κ1) is 10.9. The van der Waals surface area contributed by atoms with Crippen LogP contribution in [-0.2, 0) is 4.79 Å². The lowest BCUT2D eigenvalue weighted by Crippen LogP contribution is -2.46. The number of carbonyl (C=O) groups is 1. The molecule has 0 spiro atoms. The Balaban J connectivity index is 1.85. The largest absolute Gasteiger partial charge is 0.354 e. The number of hydrogen-bond acceptors (Lipinski definition) is 2. The zero-order valence-electron chi connectivity index (χ0n) is 9.75. The smallest absolute Gasteiger partial charge is 0.221 e. The van der Waals surface area contributed by atoms with Gasteiger partial charge in [0, 0.05) is 25.0 Å². The van der Waals surface area contributed by atoms with E-state index in [-0.39, 0.29) is 5.91 Å². The fourth-order valence-electron chi connectivity index (χ4n) is 2.84. The molecule has 2 aliphatic rings. The Morgan fingerprint density at radius 2 is 2.13 bits per heavy atom.